The molecule has 7 nitrogen and oxygen atoms in total. The van der Waals surface area contributed by atoms with Gasteiger partial charge in [-0.3, -0.25) is 4.90 Å². The van der Waals surface area contributed by atoms with E-state index in [0.29, 0.717) is 41.4 Å². The van der Waals surface area contributed by atoms with Gasteiger partial charge in [0.15, 0.2) is 11.5 Å². The quantitative estimate of drug-likeness (QED) is 0.455. The van der Waals surface area contributed by atoms with Gasteiger partial charge in [-0.15, -0.1) is 0 Å². The molecule has 0 N–H and O–H groups in total. The van der Waals surface area contributed by atoms with Crippen LogP contribution in [0.1, 0.15) is 12.3 Å². The second-order valence-corrected chi connectivity index (χ2v) is 6.92. The lowest BCUT2D eigenvalue weighted by atomic mass is 10.2. The molecule has 0 atom stereocenters. The normalized spacial score (nSPS) is 10.9. The standard InChI is InChI=1S/C21H24ClN3O4/c1-25(10-5-11-28-17-7-4-6-16(22)13-17)14-20-23-21(24-29-20)15-8-9-18(26-2)19(12-15)27-3/h4,6-9,12-13H,5,10-11,14H2,1-3H3. The van der Waals surface area contributed by atoms with Crippen LogP contribution in [-0.2, 0) is 6.54 Å². The number of aromatic nitrogens is 2. The van der Waals surface area contributed by atoms with Crippen molar-refractivity contribution in [3.63, 3.8) is 0 Å². The van der Waals surface area contributed by atoms with Gasteiger partial charge in [-0.05, 0) is 49.9 Å². The summed E-state index contributed by atoms with van der Waals surface area (Å²) in [5, 5.41) is 4.74. The number of ether oxygens (including phenoxy) is 3. The Hall–Kier alpha value is -2.77. The zero-order valence-corrected chi connectivity index (χ0v) is 17.5. The lowest BCUT2D eigenvalue weighted by Gasteiger charge is -2.14. The Morgan fingerprint density at radius 1 is 1.07 bits per heavy atom. The summed E-state index contributed by atoms with van der Waals surface area (Å²) in [5.41, 5.74) is 0.801. The third kappa shape index (κ3) is 5.85. The molecule has 0 bridgehead atoms. The largest absolute Gasteiger partial charge is 0.493 e. The van der Waals surface area contributed by atoms with Gasteiger partial charge in [0.1, 0.15) is 5.75 Å². The molecule has 0 spiro atoms. The average molecular weight is 418 g/mol. The van der Waals surface area contributed by atoms with Crippen molar-refractivity contribution >= 4 is 11.6 Å². The fourth-order valence-electron chi connectivity index (χ4n) is 2.80. The van der Waals surface area contributed by atoms with Gasteiger partial charge in [0.25, 0.3) is 0 Å². The van der Waals surface area contributed by atoms with Crippen LogP contribution in [0.25, 0.3) is 11.4 Å². The zero-order chi connectivity index (χ0) is 20.6. The maximum Gasteiger partial charge on any atom is 0.241 e. The summed E-state index contributed by atoms with van der Waals surface area (Å²) in [6, 6.07) is 12.9. The molecule has 3 rings (SSSR count). The van der Waals surface area contributed by atoms with Gasteiger partial charge in [0.2, 0.25) is 11.7 Å². The maximum absolute atomic E-state index is 5.95. The zero-order valence-electron chi connectivity index (χ0n) is 16.7. The van der Waals surface area contributed by atoms with Gasteiger partial charge in [0.05, 0.1) is 27.4 Å². The first-order chi connectivity index (χ1) is 14.1. The first-order valence-electron chi connectivity index (χ1n) is 9.21. The van der Waals surface area contributed by atoms with E-state index in [1.54, 1.807) is 20.3 Å². The molecule has 29 heavy (non-hydrogen) atoms. The highest BCUT2D eigenvalue weighted by atomic mass is 35.5. The van der Waals surface area contributed by atoms with Crippen LogP contribution in [0.15, 0.2) is 47.0 Å². The Labute approximate surface area is 175 Å². The first kappa shape index (κ1) is 21.0. The molecule has 0 saturated heterocycles. The Morgan fingerprint density at radius 3 is 2.66 bits per heavy atom. The summed E-state index contributed by atoms with van der Waals surface area (Å²) in [6.07, 6.45) is 0.861. The molecule has 0 aliphatic rings. The van der Waals surface area contributed by atoms with Gasteiger partial charge >= 0.3 is 0 Å². The number of halogens is 1. The van der Waals surface area contributed by atoms with E-state index in [0.717, 1.165) is 24.3 Å². The number of hydrogen-bond acceptors (Lipinski definition) is 7. The van der Waals surface area contributed by atoms with Crippen LogP contribution in [0.4, 0.5) is 0 Å². The Kier molecular flexibility index (Phi) is 7.32. The third-order valence-corrected chi connectivity index (χ3v) is 4.50. The van der Waals surface area contributed by atoms with Crippen molar-refractivity contribution in [1.29, 1.82) is 0 Å². The molecule has 154 valence electrons. The fraction of sp³-hybridized carbons (Fsp3) is 0.333. The molecule has 2 aromatic carbocycles. The first-order valence-corrected chi connectivity index (χ1v) is 9.58. The van der Waals surface area contributed by atoms with Crippen LogP contribution in [0.5, 0.6) is 17.2 Å². The molecule has 1 aromatic heterocycles. The van der Waals surface area contributed by atoms with Crippen LogP contribution in [0.2, 0.25) is 5.02 Å². The van der Waals surface area contributed by atoms with E-state index >= 15 is 0 Å². The lowest BCUT2D eigenvalue weighted by Crippen LogP contribution is -2.21. The van der Waals surface area contributed by atoms with Gasteiger partial charge in [-0.2, -0.15) is 4.98 Å². The third-order valence-electron chi connectivity index (χ3n) is 4.26. The maximum atomic E-state index is 5.95. The van der Waals surface area contributed by atoms with Crippen LogP contribution < -0.4 is 14.2 Å². The number of rotatable bonds is 10. The highest BCUT2D eigenvalue weighted by molar-refractivity contribution is 6.30. The molecule has 3 aromatic rings. The van der Waals surface area contributed by atoms with Crippen molar-refractivity contribution in [3.05, 3.63) is 53.4 Å². The predicted molar refractivity (Wildman–Crippen MR) is 111 cm³/mol. The fourth-order valence-corrected chi connectivity index (χ4v) is 2.98. The average Bonchev–Trinajstić information content (AvgIpc) is 3.19. The highest BCUT2D eigenvalue weighted by Crippen LogP contribution is 2.31. The van der Waals surface area contributed by atoms with Crippen molar-refractivity contribution in [1.82, 2.24) is 15.0 Å². The highest BCUT2D eigenvalue weighted by Gasteiger charge is 2.13. The van der Waals surface area contributed by atoms with Gasteiger partial charge in [0, 0.05) is 17.1 Å². The minimum Gasteiger partial charge on any atom is -0.493 e. The summed E-state index contributed by atoms with van der Waals surface area (Å²) >= 11 is 5.95. The van der Waals surface area contributed by atoms with E-state index in [9.17, 15) is 0 Å². The topological polar surface area (TPSA) is 69.9 Å². The van der Waals surface area contributed by atoms with E-state index in [4.69, 9.17) is 30.3 Å². The van der Waals surface area contributed by atoms with Crippen molar-refractivity contribution < 1.29 is 18.7 Å². The van der Waals surface area contributed by atoms with Crippen LogP contribution >= 0.6 is 11.6 Å². The molecule has 0 saturated carbocycles. The summed E-state index contributed by atoms with van der Waals surface area (Å²) < 4.78 is 21.7. The van der Waals surface area contributed by atoms with E-state index in [1.165, 1.54) is 0 Å². The SMILES string of the molecule is COc1ccc(-c2noc(CN(C)CCCOc3cccc(Cl)c3)n2)cc1OC. The van der Waals surface area contributed by atoms with Crippen LogP contribution in [0.3, 0.4) is 0 Å². The predicted octanol–water partition coefficient (Wildman–Crippen LogP) is 4.31. The second-order valence-electron chi connectivity index (χ2n) is 6.48. The van der Waals surface area contributed by atoms with Crippen molar-refractivity contribution in [3.8, 4) is 28.6 Å². The number of hydrogen-bond donors (Lipinski definition) is 0. The molecule has 8 heteroatoms. The van der Waals surface area contributed by atoms with Crippen LogP contribution in [0, 0.1) is 0 Å². The van der Waals surface area contributed by atoms with E-state index in [2.05, 4.69) is 15.0 Å². The molecular weight excluding hydrogens is 394 g/mol. The summed E-state index contributed by atoms with van der Waals surface area (Å²) in [4.78, 5) is 6.58. The number of benzene rings is 2. The van der Waals surface area contributed by atoms with Crippen molar-refractivity contribution in [2.24, 2.45) is 0 Å². The summed E-state index contributed by atoms with van der Waals surface area (Å²) in [5.74, 6) is 3.11. The smallest absolute Gasteiger partial charge is 0.241 e. The summed E-state index contributed by atoms with van der Waals surface area (Å²) in [7, 11) is 5.19. The van der Waals surface area contributed by atoms with E-state index in [-0.39, 0.29) is 0 Å². The molecular formula is C21H24ClN3O4. The summed E-state index contributed by atoms with van der Waals surface area (Å²) in [6.45, 7) is 1.98. The Balaban J connectivity index is 1.49. The molecule has 0 unspecified atom stereocenters. The molecule has 1 heterocycles. The number of methoxy groups -OCH3 is 2. The van der Waals surface area contributed by atoms with E-state index < -0.39 is 0 Å². The Bertz CT molecular complexity index is 932. The molecule has 0 aliphatic carbocycles. The molecule has 0 radical (unpaired) electrons. The molecule has 0 amide bonds. The number of nitrogens with zero attached hydrogens (tertiary/aromatic N) is 3. The lowest BCUT2D eigenvalue weighted by molar-refractivity contribution is 0.235. The van der Waals surface area contributed by atoms with Gasteiger partial charge < -0.3 is 18.7 Å². The monoisotopic (exact) mass is 417 g/mol. The van der Waals surface area contributed by atoms with Crippen molar-refractivity contribution in [2.45, 2.75) is 13.0 Å². The van der Waals surface area contributed by atoms with E-state index in [1.807, 2.05) is 43.4 Å². The second kappa shape index (κ2) is 10.1. The minimum atomic E-state index is 0.513. The van der Waals surface area contributed by atoms with Crippen molar-refractivity contribution in [2.75, 3.05) is 34.4 Å². The van der Waals surface area contributed by atoms with Gasteiger partial charge in [-0.1, -0.05) is 22.8 Å². The molecule has 0 aliphatic heterocycles. The Morgan fingerprint density at radius 2 is 1.90 bits per heavy atom. The minimum absolute atomic E-state index is 0.513. The molecule has 0 fully saturated rings. The van der Waals surface area contributed by atoms with Gasteiger partial charge in [-0.25, -0.2) is 0 Å². The van der Waals surface area contributed by atoms with Crippen LogP contribution in [-0.4, -0.2) is 49.5 Å².